The van der Waals surface area contributed by atoms with E-state index < -0.39 is 11.5 Å². The molecule has 0 spiro atoms. The Morgan fingerprint density at radius 3 is 2.52 bits per heavy atom. The number of hydrogen-bond acceptors (Lipinski definition) is 7. The van der Waals surface area contributed by atoms with Crippen molar-refractivity contribution in [2.24, 2.45) is 10.8 Å². The summed E-state index contributed by atoms with van der Waals surface area (Å²) < 4.78 is 13.1. The number of benzene rings is 2. The van der Waals surface area contributed by atoms with Gasteiger partial charge in [-0.15, -0.1) is 5.10 Å². The Hall–Kier alpha value is -3.17. The maximum absolute atomic E-state index is 12.1. The van der Waals surface area contributed by atoms with Crippen LogP contribution < -0.4 is 16.0 Å². The van der Waals surface area contributed by atoms with Crippen molar-refractivity contribution >= 4 is 28.8 Å². The van der Waals surface area contributed by atoms with Gasteiger partial charge in [0, 0.05) is 17.5 Å². The second-order valence-corrected chi connectivity index (χ2v) is 8.79. The van der Waals surface area contributed by atoms with E-state index in [1.165, 1.54) is 16.4 Å². The third kappa shape index (κ3) is 6.16. The molecule has 1 heterocycles. The highest BCUT2D eigenvalue weighted by atomic mass is 32.2. The normalized spacial score (nSPS) is 14.6. The first-order valence-corrected chi connectivity index (χ1v) is 10.5. The fourth-order valence-corrected chi connectivity index (χ4v) is 3.89. The molecule has 2 aromatic carbocycles. The lowest BCUT2D eigenvalue weighted by Crippen LogP contribution is -2.33. The number of carbonyl (C=O) groups is 1. The zero-order valence-corrected chi connectivity index (χ0v) is 18.5. The van der Waals surface area contributed by atoms with E-state index in [2.05, 4.69) is 5.10 Å². The van der Waals surface area contributed by atoms with Crippen LogP contribution in [-0.4, -0.2) is 33.7 Å². The number of rotatable bonds is 6. The van der Waals surface area contributed by atoms with Crippen LogP contribution in [0.5, 0.6) is 5.75 Å². The van der Waals surface area contributed by atoms with Gasteiger partial charge in [0.05, 0.1) is 17.0 Å². The molecule has 0 atom stereocenters. The standard InChI is InChI=1S/C22H26N4O4S/c1-22(2,3)30-21(25-28)24-26-13-17(20(23)27)19(31-26)16-11-7-8-12-18(16)29-14-15-9-5-4-6-10-15/h4-12,28H,13-14H2,1-3H3,(H2,23,27)(H,24,25). The van der Waals surface area contributed by atoms with E-state index in [1.807, 2.05) is 80.8 Å². The number of hydroxylamine groups is 1. The van der Waals surface area contributed by atoms with Crippen LogP contribution in [0.3, 0.4) is 0 Å². The molecule has 1 aliphatic heterocycles. The van der Waals surface area contributed by atoms with Gasteiger partial charge in [-0.2, -0.15) is 0 Å². The number of hydrogen-bond donors (Lipinski definition) is 3. The van der Waals surface area contributed by atoms with Crippen molar-refractivity contribution in [2.75, 3.05) is 6.54 Å². The molecule has 8 nitrogen and oxygen atoms in total. The predicted octanol–water partition coefficient (Wildman–Crippen LogP) is 3.49. The Labute approximate surface area is 185 Å². The number of amides is 1. The number of nitrogens with one attached hydrogen (secondary N) is 1. The van der Waals surface area contributed by atoms with E-state index in [9.17, 15) is 10.0 Å². The minimum atomic E-state index is -0.570. The minimum Gasteiger partial charge on any atom is -0.488 e. The van der Waals surface area contributed by atoms with Crippen molar-refractivity contribution in [2.45, 2.75) is 33.0 Å². The number of nitrogens with zero attached hydrogens (tertiary/aromatic N) is 2. The Morgan fingerprint density at radius 1 is 1.19 bits per heavy atom. The van der Waals surface area contributed by atoms with Crippen molar-refractivity contribution in [3.63, 3.8) is 0 Å². The third-order valence-corrected chi connectivity index (χ3v) is 5.20. The fourth-order valence-electron chi connectivity index (χ4n) is 2.83. The number of hydrazone groups is 1. The van der Waals surface area contributed by atoms with Crippen LogP contribution in [0.15, 0.2) is 65.3 Å². The lowest BCUT2D eigenvalue weighted by atomic mass is 10.1. The number of carbonyl (C=O) groups excluding carboxylic acids is 1. The molecule has 9 heteroatoms. The summed E-state index contributed by atoms with van der Waals surface area (Å²) in [5, 5.41) is 13.6. The molecule has 0 saturated heterocycles. The van der Waals surface area contributed by atoms with Crippen LogP contribution in [-0.2, 0) is 16.1 Å². The number of amidine groups is 1. The Balaban J connectivity index is 1.85. The number of para-hydroxylation sites is 1. The monoisotopic (exact) mass is 442 g/mol. The molecule has 164 valence electrons. The van der Waals surface area contributed by atoms with Gasteiger partial charge in [-0.25, -0.2) is 9.89 Å². The average Bonchev–Trinajstić information content (AvgIpc) is 3.15. The minimum absolute atomic E-state index is 0.0846. The van der Waals surface area contributed by atoms with Crippen LogP contribution in [0.25, 0.3) is 4.91 Å². The molecule has 1 aliphatic rings. The van der Waals surface area contributed by atoms with E-state index in [-0.39, 0.29) is 12.6 Å². The van der Waals surface area contributed by atoms with Crippen molar-refractivity contribution in [3.8, 4) is 5.75 Å². The van der Waals surface area contributed by atoms with Gasteiger partial charge in [-0.05, 0) is 32.4 Å². The first-order chi connectivity index (χ1) is 14.8. The molecule has 0 unspecified atom stereocenters. The van der Waals surface area contributed by atoms with E-state index >= 15 is 0 Å². The lowest BCUT2D eigenvalue weighted by molar-refractivity contribution is -0.114. The first-order valence-electron chi connectivity index (χ1n) is 9.69. The van der Waals surface area contributed by atoms with Gasteiger partial charge in [0.25, 0.3) is 0 Å². The van der Waals surface area contributed by atoms with Gasteiger partial charge < -0.3 is 15.2 Å². The van der Waals surface area contributed by atoms with E-state index in [1.54, 1.807) is 0 Å². The van der Waals surface area contributed by atoms with E-state index in [4.69, 9.17) is 15.2 Å². The summed E-state index contributed by atoms with van der Waals surface area (Å²) in [6.07, 6.45) is 0. The van der Waals surface area contributed by atoms with Crippen molar-refractivity contribution < 1.29 is 19.5 Å². The molecule has 0 saturated carbocycles. The molecular formula is C22H26N4O4S. The van der Waals surface area contributed by atoms with E-state index in [0.29, 0.717) is 22.8 Å². The van der Waals surface area contributed by atoms with Gasteiger partial charge in [0.15, 0.2) is 0 Å². The van der Waals surface area contributed by atoms with Gasteiger partial charge in [0.2, 0.25) is 5.91 Å². The number of nitrogens with two attached hydrogens (primary N) is 1. The molecular weight excluding hydrogens is 416 g/mol. The molecule has 0 aromatic heterocycles. The smallest absolute Gasteiger partial charge is 0.332 e. The highest BCUT2D eigenvalue weighted by Crippen LogP contribution is 2.43. The average molecular weight is 443 g/mol. The lowest BCUT2D eigenvalue weighted by Gasteiger charge is -2.22. The largest absolute Gasteiger partial charge is 0.488 e. The maximum atomic E-state index is 12.1. The third-order valence-electron chi connectivity index (χ3n) is 4.13. The number of ether oxygens (including phenoxy) is 2. The SMILES string of the molecule is CC(C)(C)OC(=NN1CC(C(N)=O)=C(c2ccccc2OCc2ccccc2)S1)NO. The highest BCUT2D eigenvalue weighted by molar-refractivity contribution is 8.06. The van der Waals surface area contributed by atoms with Crippen molar-refractivity contribution in [1.82, 2.24) is 9.89 Å². The molecule has 0 aliphatic carbocycles. The van der Waals surface area contributed by atoms with Crippen LogP contribution in [0, 0.1) is 0 Å². The molecule has 4 N–H and O–H groups in total. The summed E-state index contributed by atoms with van der Waals surface area (Å²) in [6, 6.07) is 17.2. The summed E-state index contributed by atoms with van der Waals surface area (Å²) in [5.41, 5.74) is 9.20. The summed E-state index contributed by atoms with van der Waals surface area (Å²) in [5.74, 6) is 0.0817. The van der Waals surface area contributed by atoms with Gasteiger partial charge in [0.1, 0.15) is 18.0 Å². The fraction of sp³-hybridized carbons (Fsp3) is 0.273. The second kappa shape index (κ2) is 9.76. The summed E-state index contributed by atoms with van der Waals surface area (Å²) in [7, 11) is 0. The predicted molar refractivity (Wildman–Crippen MR) is 121 cm³/mol. The van der Waals surface area contributed by atoms with Crippen LogP contribution in [0.4, 0.5) is 0 Å². The zero-order chi connectivity index (χ0) is 22.4. The number of primary amides is 1. The summed E-state index contributed by atoms with van der Waals surface area (Å²) >= 11 is 1.22. The zero-order valence-electron chi connectivity index (χ0n) is 17.7. The molecule has 0 radical (unpaired) electrons. The maximum Gasteiger partial charge on any atom is 0.332 e. The quantitative estimate of drug-likeness (QED) is 0.272. The summed E-state index contributed by atoms with van der Waals surface area (Å²) in [4.78, 5) is 12.8. The van der Waals surface area contributed by atoms with Crippen LogP contribution in [0.2, 0.25) is 0 Å². The van der Waals surface area contributed by atoms with Gasteiger partial charge in [-0.3, -0.25) is 10.0 Å². The Morgan fingerprint density at radius 2 is 1.87 bits per heavy atom. The van der Waals surface area contributed by atoms with Gasteiger partial charge >= 0.3 is 6.02 Å². The molecule has 0 fully saturated rings. The van der Waals surface area contributed by atoms with Gasteiger partial charge in [-0.1, -0.05) is 48.5 Å². The highest BCUT2D eigenvalue weighted by Gasteiger charge is 2.30. The van der Waals surface area contributed by atoms with Crippen LogP contribution in [0.1, 0.15) is 31.9 Å². The van der Waals surface area contributed by atoms with Crippen LogP contribution >= 0.6 is 11.9 Å². The molecule has 1 amide bonds. The molecule has 31 heavy (non-hydrogen) atoms. The molecule has 0 bridgehead atoms. The van der Waals surface area contributed by atoms with Crippen molar-refractivity contribution in [1.29, 1.82) is 0 Å². The molecule has 2 aromatic rings. The van der Waals surface area contributed by atoms with Crippen molar-refractivity contribution in [3.05, 3.63) is 71.3 Å². The topological polar surface area (TPSA) is 109 Å². The molecule has 3 rings (SSSR count). The second-order valence-electron chi connectivity index (χ2n) is 7.78. The Bertz CT molecular complexity index is 987. The summed E-state index contributed by atoms with van der Waals surface area (Å²) in [6.45, 7) is 6.03. The first kappa shape index (κ1) is 22.5. The van der Waals surface area contributed by atoms with E-state index in [0.717, 1.165) is 11.1 Å². The Kier molecular flexibility index (Phi) is 7.09.